The topological polar surface area (TPSA) is 93.2 Å². The summed E-state index contributed by atoms with van der Waals surface area (Å²) in [4.78, 5) is 16.6. The molecule has 0 saturated carbocycles. The van der Waals surface area contributed by atoms with E-state index in [2.05, 4.69) is 27.9 Å². The van der Waals surface area contributed by atoms with E-state index in [0.29, 0.717) is 38.1 Å². The monoisotopic (exact) mass is 562 g/mol. The number of rotatable bonds is 10. The van der Waals surface area contributed by atoms with Gasteiger partial charge >= 0.3 is 0 Å². The van der Waals surface area contributed by atoms with Crippen molar-refractivity contribution in [2.75, 3.05) is 44.8 Å². The number of fused-ring (bicyclic) bond motifs is 1. The molecule has 0 bridgehead atoms. The van der Waals surface area contributed by atoms with Gasteiger partial charge in [0.15, 0.2) is 17.5 Å². The van der Waals surface area contributed by atoms with E-state index in [1.165, 1.54) is 0 Å². The van der Waals surface area contributed by atoms with Gasteiger partial charge in [-0.2, -0.15) is 0 Å². The predicted octanol–water partition coefficient (Wildman–Crippen LogP) is 3.94. The lowest BCUT2D eigenvalue weighted by atomic mass is 10.1. The predicted molar refractivity (Wildman–Crippen MR) is 140 cm³/mol. The minimum absolute atomic E-state index is 0. The molecule has 0 aliphatic carbocycles. The number of aliphatic imine (C=N–C) groups is 1. The summed E-state index contributed by atoms with van der Waals surface area (Å²) in [5.74, 6) is 1.85. The van der Waals surface area contributed by atoms with Crippen LogP contribution in [0.2, 0.25) is 0 Å². The number of benzene rings is 1. The number of hydrogen-bond donors (Lipinski definition) is 3. The van der Waals surface area contributed by atoms with E-state index in [0.717, 1.165) is 43.7 Å². The Morgan fingerprint density at radius 1 is 1.12 bits per heavy atom. The van der Waals surface area contributed by atoms with Gasteiger partial charge in [0.1, 0.15) is 6.54 Å². The van der Waals surface area contributed by atoms with Crippen molar-refractivity contribution in [2.24, 2.45) is 4.99 Å². The quantitative estimate of drug-likeness (QED) is 0.173. The van der Waals surface area contributed by atoms with Crippen LogP contribution in [0.5, 0.6) is 11.5 Å². The summed E-state index contributed by atoms with van der Waals surface area (Å²) in [6, 6.07) is 5.68. The standard InChI is InChI=1S/C23H38N4O4.HI/c1-5-6-12-29-13-7-11-24-22(25-17-21(28)27-23(2,3)4)26-18-9-10-19-20(16-18)31-15-8-14-30-19;/h9-10,16H,5-8,11-15,17H2,1-4H3,(H,27,28)(H2,24,25,26);1H. The number of halogens is 1. The third-order valence-electron chi connectivity index (χ3n) is 4.31. The molecule has 0 unspecified atom stereocenters. The maximum absolute atomic E-state index is 12.2. The molecule has 2 rings (SSSR count). The first-order chi connectivity index (χ1) is 14.9. The zero-order valence-electron chi connectivity index (χ0n) is 19.8. The molecule has 0 atom stereocenters. The highest BCUT2D eigenvalue weighted by Gasteiger charge is 2.14. The van der Waals surface area contributed by atoms with Crippen molar-refractivity contribution in [1.82, 2.24) is 10.6 Å². The third-order valence-corrected chi connectivity index (χ3v) is 4.31. The van der Waals surface area contributed by atoms with Crippen LogP contribution in [0, 0.1) is 0 Å². The Labute approximate surface area is 209 Å². The van der Waals surface area contributed by atoms with Crippen LogP contribution >= 0.6 is 24.0 Å². The van der Waals surface area contributed by atoms with Gasteiger partial charge < -0.3 is 30.2 Å². The molecule has 8 nitrogen and oxygen atoms in total. The van der Waals surface area contributed by atoms with E-state index in [1.807, 2.05) is 39.0 Å². The van der Waals surface area contributed by atoms with Gasteiger partial charge in [-0.1, -0.05) is 13.3 Å². The fourth-order valence-corrected chi connectivity index (χ4v) is 2.86. The zero-order chi connectivity index (χ0) is 22.5. The molecule has 182 valence electrons. The van der Waals surface area contributed by atoms with Crippen LogP contribution in [0.25, 0.3) is 0 Å². The Balaban J connectivity index is 0.00000512. The molecule has 1 aromatic carbocycles. The van der Waals surface area contributed by atoms with Gasteiger partial charge in [-0.05, 0) is 45.7 Å². The molecule has 32 heavy (non-hydrogen) atoms. The summed E-state index contributed by atoms with van der Waals surface area (Å²) in [5, 5.41) is 9.46. The normalized spacial score (nSPS) is 13.6. The molecule has 1 heterocycles. The molecule has 1 amide bonds. The fraction of sp³-hybridized carbons (Fsp3) is 0.652. The summed E-state index contributed by atoms with van der Waals surface area (Å²) in [5.41, 5.74) is 0.517. The molecule has 0 saturated heterocycles. The Hall–Kier alpha value is -1.75. The Morgan fingerprint density at radius 2 is 1.84 bits per heavy atom. The van der Waals surface area contributed by atoms with Crippen molar-refractivity contribution in [1.29, 1.82) is 0 Å². The Bertz CT molecular complexity index is 722. The first-order valence-electron chi connectivity index (χ1n) is 11.2. The number of carbonyl (C=O) groups is 1. The number of anilines is 1. The van der Waals surface area contributed by atoms with Crippen molar-refractivity contribution < 1.29 is 19.0 Å². The van der Waals surface area contributed by atoms with Gasteiger partial charge in [0.25, 0.3) is 0 Å². The van der Waals surface area contributed by atoms with Gasteiger partial charge in [-0.25, -0.2) is 4.99 Å². The lowest BCUT2D eigenvalue weighted by molar-refractivity contribution is -0.121. The first-order valence-corrected chi connectivity index (χ1v) is 11.2. The molecule has 0 aromatic heterocycles. The SMILES string of the molecule is CCCCOCCCNC(=NCC(=O)NC(C)(C)C)Nc1ccc2c(c1)OCCCO2.I. The van der Waals surface area contributed by atoms with Gasteiger partial charge in [-0.3, -0.25) is 4.79 Å². The molecule has 1 aliphatic rings. The number of amides is 1. The number of ether oxygens (including phenoxy) is 3. The second-order valence-corrected chi connectivity index (χ2v) is 8.55. The highest BCUT2D eigenvalue weighted by Crippen LogP contribution is 2.32. The van der Waals surface area contributed by atoms with Crippen LogP contribution in [0.1, 0.15) is 53.4 Å². The van der Waals surface area contributed by atoms with E-state index in [4.69, 9.17) is 14.2 Å². The fourth-order valence-electron chi connectivity index (χ4n) is 2.86. The largest absolute Gasteiger partial charge is 0.490 e. The van der Waals surface area contributed by atoms with E-state index < -0.39 is 0 Å². The molecular formula is C23H39IN4O4. The number of nitrogens with zero attached hydrogens (tertiary/aromatic N) is 1. The molecule has 0 radical (unpaired) electrons. The average molecular weight is 562 g/mol. The maximum Gasteiger partial charge on any atom is 0.242 e. The van der Waals surface area contributed by atoms with Gasteiger partial charge in [-0.15, -0.1) is 24.0 Å². The second-order valence-electron chi connectivity index (χ2n) is 8.55. The lowest BCUT2D eigenvalue weighted by Crippen LogP contribution is -2.42. The van der Waals surface area contributed by atoms with E-state index in [1.54, 1.807) is 0 Å². The summed E-state index contributed by atoms with van der Waals surface area (Å²) in [6.45, 7) is 11.5. The number of nitrogens with one attached hydrogen (secondary N) is 3. The third kappa shape index (κ3) is 11.8. The van der Waals surface area contributed by atoms with Crippen LogP contribution in [0.4, 0.5) is 5.69 Å². The highest BCUT2D eigenvalue weighted by atomic mass is 127. The van der Waals surface area contributed by atoms with Crippen molar-refractivity contribution >= 4 is 41.5 Å². The Morgan fingerprint density at radius 3 is 2.56 bits per heavy atom. The zero-order valence-corrected chi connectivity index (χ0v) is 22.1. The minimum atomic E-state index is -0.294. The minimum Gasteiger partial charge on any atom is -0.490 e. The first kappa shape index (κ1) is 28.3. The summed E-state index contributed by atoms with van der Waals surface area (Å²) >= 11 is 0. The van der Waals surface area contributed by atoms with Gasteiger partial charge in [0.2, 0.25) is 5.91 Å². The summed E-state index contributed by atoms with van der Waals surface area (Å²) < 4.78 is 17.1. The van der Waals surface area contributed by atoms with E-state index in [9.17, 15) is 4.79 Å². The van der Waals surface area contributed by atoms with Crippen molar-refractivity contribution in [2.45, 2.75) is 58.9 Å². The average Bonchev–Trinajstić information content (AvgIpc) is 2.95. The number of carbonyl (C=O) groups excluding carboxylic acids is 1. The van der Waals surface area contributed by atoms with Crippen molar-refractivity contribution in [3.8, 4) is 11.5 Å². The summed E-state index contributed by atoms with van der Waals surface area (Å²) in [6.07, 6.45) is 3.91. The van der Waals surface area contributed by atoms with Gasteiger partial charge in [0, 0.05) is 43.5 Å². The number of unbranched alkanes of at least 4 members (excludes halogenated alkanes) is 1. The lowest BCUT2D eigenvalue weighted by Gasteiger charge is -2.20. The van der Waals surface area contributed by atoms with Crippen LogP contribution < -0.4 is 25.4 Å². The molecule has 3 N–H and O–H groups in total. The smallest absolute Gasteiger partial charge is 0.242 e. The van der Waals surface area contributed by atoms with Gasteiger partial charge in [0.05, 0.1) is 13.2 Å². The second kappa shape index (κ2) is 15.2. The molecule has 0 fully saturated rings. The molecule has 1 aromatic rings. The highest BCUT2D eigenvalue weighted by molar-refractivity contribution is 14.0. The van der Waals surface area contributed by atoms with Crippen LogP contribution in [-0.2, 0) is 9.53 Å². The maximum atomic E-state index is 12.2. The van der Waals surface area contributed by atoms with Crippen molar-refractivity contribution in [3.05, 3.63) is 18.2 Å². The number of guanidine groups is 1. The van der Waals surface area contributed by atoms with E-state index >= 15 is 0 Å². The molecule has 9 heteroatoms. The molecule has 0 spiro atoms. The summed E-state index contributed by atoms with van der Waals surface area (Å²) in [7, 11) is 0. The number of hydrogen-bond acceptors (Lipinski definition) is 5. The van der Waals surface area contributed by atoms with E-state index in [-0.39, 0.29) is 42.0 Å². The van der Waals surface area contributed by atoms with Crippen molar-refractivity contribution in [3.63, 3.8) is 0 Å². The molecule has 1 aliphatic heterocycles. The van der Waals surface area contributed by atoms with Crippen LogP contribution in [0.3, 0.4) is 0 Å². The van der Waals surface area contributed by atoms with Crippen LogP contribution in [-0.4, -0.2) is 56.9 Å². The molecular weight excluding hydrogens is 523 g/mol. The van der Waals surface area contributed by atoms with Crippen LogP contribution in [0.15, 0.2) is 23.2 Å². The Kier molecular flexibility index (Phi) is 13.4.